The number of hydrogen-bond donors (Lipinski definition) is 1. The van der Waals surface area contributed by atoms with E-state index in [1.54, 1.807) is 12.1 Å². The van der Waals surface area contributed by atoms with Gasteiger partial charge >= 0.3 is 6.18 Å². The van der Waals surface area contributed by atoms with Crippen LogP contribution in [0.25, 0.3) is 11.1 Å². The number of hydrogen-bond acceptors (Lipinski definition) is 4. The van der Waals surface area contributed by atoms with Gasteiger partial charge in [-0.2, -0.15) is 13.2 Å². The molecule has 0 aliphatic rings. The third-order valence-electron chi connectivity index (χ3n) is 3.58. The number of amides is 1. The lowest BCUT2D eigenvalue weighted by molar-refractivity contribution is -0.137. The van der Waals surface area contributed by atoms with E-state index in [1.807, 2.05) is 0 Å². The maximum Gasteiger partial charge on any atom is 0.416 e. The lowest BCUT2D eigenvalue weighted by Gasteiger charge is -2.10. The predicted octanol–water partition coefficient (Wildman–Crippen LogP) is 4.44. The molecule has 1 amide bonds. The van der Waals surface area contributed by atoms with Crippen LogP contribution in [0, 0.1) is 0 Å². The monoisotopic (exact) mass is 362 g/mol. The number of alkyl halides is 3. The highest BCUT2D eigenvalue weighted by atomic mass is 19.4. The number of nitrogens with one attached hydrogen (secondary N) is 1. The van der Waals surface area contributed by atoms with E-state index in [0.717, 1.165) is 18.2 Å². The molecule has 134 valence electrons. The first-order valence-electron chi connectivity index (χ1n) is 7.49. The smallest absolute Gasteiger partial charge is 0.416 e. The molecule has 1 aromatic heterocycles. The van der Waals surface area contributed by atoms with Gasteiger partial charge < -0.3 is 14.5 Å². The Labute approximate surface area is 146 Å². The van der Waals surface area contributed by atoms with Gasteiger partial charge in [-0.1, -0.05) is 12.6 Å². The first-order chi connectivity index (χ1) is 12.4. The minimum Gasteiger partial charge on any atom is -0.453 e. The van der Waals surface area contributed by atoms with E-state index >= 15 is 0 Å². The van der Waals surface area contributed by atoms with Crippen molar-refractivity contribution >= 4 is 17.0 Å². The van der Waals surface area contributed by atoms with Gasteiger partial charge in [-0.15, -0.1) is 0 Å². The summed E-state index contributed by atoms with van der Waals surface area (Å²) < 4.78 is 48.8. The Kier molecular flexibility index (Phi) is 4.66. The van der Waals surface area contributed by atoms with Crippen molar-refractivity contribution in [2.75, 3.05) is 0 Å². The summed E-state index contributed by atoms with van der Waals surface area (Å²) in [6, 6.07) is 7.61. The van der Waals surface area contributed by atoms with E-state index < -0.39 is 11.7 Å². The summed E-state index contributed by atoms with van der Waals surface area (Å²) in [4.78, 5) is 15.4. The van der Waals surface area contributed by atoms with Gasteiger partial charge in [0.1, 0.15) is 11.3 Å². The molecule has 0 atom stereocenters. The maximum absolute atomic E-state index is 12.6. The van der Waals surface area contributed by atoms with Crippen molar-refractivity contribution in [1.29, 1.82) is 0 Å². The van der Waals surface area contributed by atoms with Crippen LogP contribution in [0.15, 0.2) is 59.9 Å². The van der Waals surface area contributed by atoms with Crippen molar-refractivity contribution in [1.82, 2.24) is 10.3 Å². The Morgan fingerprint density at radius 2 is 1.96 bits per heavy atom. The van der Waals surface area contributed by atoms with Crippen LogP contribution in [0.4, 0.5) is 13.2 Å². The highest BCUT2D eigenvalue weighted by Gasteiger charge is 2.30. The molecular weight excluding hydrogens is 349 g/mol. The highest BCUT2D eigenvalue weighted by molar-refractivity contribution is 5.88. The SMILES string of the molecule is C=CC(=O)NCc1ccc(Oc2ccc(C(F)(F)F)cc2)c2ocnc12. The molecule has 0 fully saturated rings. The number of rotatable bonds is 5. The molecule has 0 saturated heterocycles. The summed E-state index contributed by atoms with van der Waals surface area (Å²) >= 11 is 0. The summed E-state index contributed by atoms with van der Waals surface area (Å²) in [5.74, 6) is 0.200. The molecule has 8 heteroatoms. The first kappa shape index (κ1) is 17.5. The zero-order valence-corrected chi connectivity index (χ0v) is 13.3. The van der Waals surface area contributed by atoms with Gasteiger partial charge in [0.2, 0.25) is 5.91 Å². The molecule has 0 bridgehead atoms. The topological polar surface area (TPSA) is 64.4 Å². The molecule has 5 nitrogen and oxygen atoms in total. The Morgan fingerprint density at radius 3 is 2.62 bits per heavy atom. The van der Waals surface area contributed by atoms with Crippen molar-refractivity contribution in [3.8, 4) is 11.5 Å². The highest BCUT2D eigenvalue weighted by Crippen LogP contribution is 2.34. The van der Waals surface area contributed by atoms with Gasteiger partial charge in [0.05, 0.1) is 5.56 Å². The first-order valence-corrected chi connectivity index (χ1v) is 7.49. The molecule has 2 aromatic carbocycles. The molecule has 0 unspecified atom stereocenters. The number of oxazole rings is 1. The molecule has 0 aliphatic heterocycles. The second-order valence-corrected chi connectivity index (χ2v) is 5.30. The van der Waals surface area contributed by atoms with E-state index in [9.17, 15) is 18.0 Å². The van der Waals surface area contributed by atoms with Gasteiger partial charge in [-0.25, -0.2) is 4.98 Å². The van der Waals surface area contributed by atoms with Crippen LogP contribution in [0.3, 0.4) is 0 Å². The average molecular weight is 362 g/mol. The largest absolute Gasteiger partial charge is 0.453 e. The van der Waals surface area contributed by atoms with E-state index in [0.29, 0.717) is 22.4 Å². The van der Waals surface area contributed by atoms with Crippen molar-refractivity contribution in [2.45, 2.75) is 12.7 Å². The molecule has 0 radical (unpaired) electrons. The zero-order chi connectivity index (χ0) is 18.7. The number of carbonyl (C=O) groups is 1. The average Bonchev–Trinajstić information content (AvgIpc) is 3.10. The summed E-state index contributed by atoms with van der Waals surface area (Å²) in [7, 11) is 0. The van der Waals surface area contributed by atoms with Gasteiger partial charge in [-0.05, 0) is 36.4 Å². The van der Waals surface area contributed by atoms with E-state index in [4.69, 9.17) is 9.15 Å². The van der Waals surface area contributed by atoms with Gasteiger partial charge in [0.25, 0.3) is 0 Å². The fourth-order valence-corrected chi connectivity index (χ4v) is 2.30. The molecule has 1 N–H and O–H groups in total. The second kappa shape index (κ2) is 6.91. The Hall–Kier alpha value is -3.29. The minimum atomic E-state index is -4.41. The zero-order valence-electron chi connectivity index (χ0n) is 13.3. The third kappa shape index (κ3) is 3.69. The Morgan fingerprint density at radius 1 is 1.23 bits per heavy atom. The van der Waals surface area contributed by atoms with Crippen LogP contribution in [0.5, 0.6) is 11.5 Å². The molecule has 0 saturated carbocycles. The van der Waals surface area contributed by atoms with Crippen LogP contribution in [0.1, 0.15) is 11.1 Å². The molecule has 3 rings (SSSR count). The summed E-state index contributed by atoms with van der Waals surface area (Å²) in [5, 5.41) is 2.63. The van der Waals surface area contributed by atoms with Crippen LogP contribution in [-0.2, 0) is 17.5 Å². The fourth-order valence-electron chi connectivity index (χ4n) is 2.30. The quantitative estimate of drug-likeness (QED) is 0.682. The number of aromatic nitrogens is 1. The standard InChI is InChI=1S/C18H13F3N2O3/c1-2-15(24)22-9-11-3-8-14(17-16(11)23-10-25-17)26-13-6-4-12(5-7-13)18(19,20)21/h2-8,10H,1,9H2,(H,22,24). The number of fused-ring (bicyclic) bond motifs is 1. The molecule has 3 aromatic rings. The number of benzene rings is 2. The van der Waals surface area contributed by atoms with Crippen LogP contribution < -0.4 is 10.1 Å². The van der Waals surface area contributed by atoms with Crippen LogP contribution >= 0.6 is 0 Å². The van der Waals surface area contributed by atoms with Crippen molar-refractivity contribution < 1.29 is 27.1 Å². The molecule has 1 heterocycles. The van der Waals surface area contributed by atoms with Crippen molar-refractivity contribution in [2.24, 2.45) is 0 Å². The number of halogens is 3. The van der Waals surface area contributed by atoms with E-state index in [2.05, 4.69) is 16.9 Å². The lowest BCUT2D eigenvalue weighted by Crippen LogP contribution is -2.20. The van der Waals surface area contributed by atoms with Crippen LogP contribution in [-0.4, -0.2) is 10.9 Å². The summed E-state index contributed by atoms with van der Waals surface area (Å²) in [6.07, 6.45) is -2.03. The minimum absolute atomic E-state index is 0.217. The predicted molar refractivity (Wildman–Crippen MR) is 87.6 cm³/mol. The van der Waals surface area contributed by atoms with Crippen LogP contribution in [0.2, 0.25) is 0 Å². The van der Waals surface area contributed by atoms with Crippen molar-refractivity contribution in [3.05, 3.63) is 66.6 Å². The summed E-state index contributed by atoms with van der Waals surface area (Å²) in [5.41, 5.74) is 0.751. The number of carbonyl (C=O) groups excluding carboxylic acids is 1. The molecular formula is C18H13F3N2O3. The fraction of sp³-hybridized carbons (Fsp3) is 0.111. The Bertz CT molecular complexity index is 946. The van der Waals surface area contributed by atoms with Gasteiger partial charge in [0.15, 0.2) is 17.7 Å². The van der Waals surface area contributed by atoms with Gasteiger partial charge in [0, 0.05) is 12.1 Å². The lowest BCUT2D eigenvalue weighted by atomic mass is 10.1. The normalized spacial score (nSPS) is 11.3. The van der Waals surface area contributed by atoms with E-state index in [-0.39, 0.29) is 18.2 Å². The third-order valence-corrected chi connectivity index (χ3v) is 3.58. The van der Waals surface area contributed by atoms with Gasteiger partial charge in [-0.3, -0.25) is 4.79 Å². The summed E-state index contributed by atoms with van der Waals surface area (Å²) in [6.45, 7) is 3.59. The number of nitrogens with zero attached hydrogens (tertiary/aromatic N) is 1. The maximum atomic E-state index is 12.6. The second-order valence-electron chi connectivity index (χ2n) is 5.30. The van der Waals surface area contributed by atoms with E-state index in [1.165, 1.54) is 18.5 Å². The molecule has 0 spiro atoms. The number of ether oxygens (including phenoxy) is 1. The Balaban J connectivity index is 1.84. The molecule has 26 heavy (non-hydrogen) atoms. The van der Waals surface area contributed by atoms with Crippen molar-refractivity contribution in [3.63, 3.8) is 0 Å². The molecule has 0 aliphatic carbocycles.